The van der Waals surface area contributed by atoms with Crippen molar-refractivity contribution in [3.8, 4) is 28.6 Å². The number of ether oxygens (including phenoxy) is 3. The fourth-order valence-electron chi connectivity index (χ4n) is 4.88. The molecule has 216 valence electrons. The second-order valence-electron chi connectivity index (χ2n) is 9.66. The summed E-state index contributed by atoms with van der Waals surface area (Å²) in [6.45, 7) is -1.24. The Balaban J connectivity index is 1.54. The van der Waals surface area contributed by atoms with Crippen LogP contribution in [0.1, 0.15) is 11.7 Å². The number of hydrogen-bond acceptors (Lipinski definition) is 14. The van der Waals surface area contributed by atoms with E-state index in [0.717, 1.165) is 12.1 Å². The number of phenolic OH excluding ortho intramolecular Hbond substituents is 3. The smallest absolute Gasteiger partial charge is 0.197 e. The van der Waals surface area contributed by atoms with Crippen LogP contribution in [-0.4, -0.2) is 108 Å². The number of benzene rings is 2. The third kappa shape index (κ3) is 4.89. The summed E-state index contributed by atoms with van der Waals surface area (Å²) in [6.07, 6.45) is -14.9. The molecule has 0 radical (unpaired) electrons. The highest BCUT2D eigenvalue weighted by atomic mass is 16.7. The van der Waals surface area contributed by atoms with Gasteiger partial charge in [-0.1, -0.05) is 0 Å². The molecule has 9 N–H and O–H groups in total. The molecule has 14 heteroatoms. The standard InChI is InChI=1S/C26H28O14/c27-7-16-20(33)22(35)23(36)26(39-16)40-25-19(32)13(31)8-37-24(25)18-12(30)6-15-17(21(18)34)11(29)5-14(38-15)9-1-3-10(28)4-2-9/h1-6,13,16,19-20,22-28,30-36H,7-8H2/t13-,16?,19-,20+,22-,23?,24-,25?,26-/m0/s1. The summed E-state index contributed by atoms with van der Waals surface area (Å²) in [5.74, 6) is -1.32. The van der Waals surface area contributed by atoms with Gasteiger partial charge in [0.25, 0.3) is 0 Å². The minimum absolute atomic E-state index is 0.00732. The average Bonchev–Trinajstić information content (AvgIpc) is 2.92. The second-order valence-corrected chi connectivity index (χ2v) is 9.66. The van der Waals surface area contributed by atoms with E-state index in [1.54, 1.807) is 0 Å². The summed E-state index contributed by atoms with van der Waals surface area (Å²) in [5, 5.41) is 92.1. The molecule has 1 aromatic heterocycles. The molecule has 2 fully saturated rings. The van der Waals surface area contributed by atoms with E-state index in [0.29, 0.717) is 5.56 Å². The van der Waals surface area contributed by atoms with Crippen LogP contribution in [-0.2, 0) is 14.2 Å². The Morgan fingerprint density at radius 1 is 0.900 bits per heavy atom. The van der Waals surface area contributed by atoms with Gasteiger partial charge < -0.3 is 64.6 Å². The second kappa shape index (κ2) is 10.9. The highest BCUT2D eigenvalue weighted by Crippen LogP contribution is 2.45. The van der Waals surface area contributed by atoms with Crippen molar-refractivity contribution in [3.63, 3.8) is 0 Å². The van der Waals surface area contributed by atoms with E-state index in [9.17, 15) is 50.8 Å². The fourth-order valence-corrected chi connectivity index (χ4v) is 4.88. The summed E-state index contributed by atoms with van der Waals surface area (Å²) >= 11 is 0. The quantitative estimate of drug-likeness (QED) is 0.172. The Morgan fingerprint density at radius 2 is 1.60 bits per heavy atom. The van der Waals surface area contributed by atoms with Crippen molar-refractivity contribution in [1.82, 2.24) is 0 Å². The predicted molar refractivity (Wildman–Crippen MR) is 132 cm³/mol. The van der Waals surface area contributed by atoms with Crippen molar-refractivity contribution >= 4 is 11.0 Å². The molecule has 0 amide bonds. The molecule has 2 saturated heterocycles. The normalized spacial score (nSPS) is 32.8. The van der Waals surface area contributed by atoms with Gasteiger partial charge in [-0.2, -0.15) is 0 Å². The van der Waals surface area contributed by atoms with Gasteiger partial charge in [0.15, 0.2) is 11.7 Å². The molecule has 0 aliphatic carbocycles. The molecule has 3 unspecified atom stereocenters. The van der Waals surface area contributed by atoms with Gasteiger partial charge in [0, 0.05) is 17.7 Å². The maximum Gasteiger partial charge on any atom is 0.197 e. The number of aliphatic hydroxyl groups excluding tert-OH is 6. The number of phenols is 3. The van der Waals surface area contributed by atoms with Crippen molar-refractivity contribution < 1.29 is 64.6 Å². The zero-order valence-corrected chi connectivity index (χ0v) is 20.6. The molecule has 0 bridgehead atoms. The van der Waals surface area contributed by atoms with Crippen LogP contribution in [0.4, 0.5) is 0 Å². The van der Waals surface area contributed by atoms with Gasteiger partial charge in [-0.25, -0.2) is 0 Å². The summed E-state index contributed by atoms with van der Waals surface area (Å²) in [7, 11) is 0. The molecule has 5 rings (SSSR count). The van der Waals surface area contributed by atoms with Gasteiger partial charge in [0.2, 0.25) is 0 Å². The van der Waals surface area contributed by atoms with Gasteiger partial charge in [0.05, 0.1) is 18.8 Å². The number of fused-ring (bicyclic) bond motifs is 1. The SMILES string of the molecule is O=c1cc(-c2ccc(O)cc2)oc2cc(O)c([C@@H]3OC[C@H](O)[C@H](O)C3O[C@@H]3OC(CO)[C@@H](O)[C@H](O)C3O)c(O)c12. The molecule has 14 nitrogen and oxygen atoms in total. The van der Waals surface area contributed by atoms with E-state index >= 15 is 0 Å². The number of hydrogen-bond donors (Lipinski definition) is 9. The topological polar surface area (TPSA) is 240 Å². The molecule has 3 heterocycles. The maximum atomic E-state index is 13.1. The molecule has 0 saturated carbocycles. The van der Waals surface area contributed by atoms with Gasteiger partial charge in [-0.3, -0.25) is 4.79 Å². The molecule has 3 aromatic rings. The van der Waals surface area contributed by atoms with Crippen LogP contribution >= 0.6 is 0 Å². The van der Waals surface area contributed by atoms with E-state index in [1.807, 2.05) is 0 Å². The van der Waals surface area contributed by atoms with E-state index in [4.69, 9.17) is 18.6 Å². The van der Waals surface area contributed by atoms with E-state index < -0.39 is 90.8 Å². The van der Waals surface area contributed by atoms with Crippen LogP contribution in [0.15, 0.2) is 45.6 Å². The first-order valence-electron chi connectivity index (χ1n) is 12.3. The van der Waals surface area contributed by atoms with E-state index in [1.165, 1.54) is 24.3 Å². The van der Waals surface area contributed by atoms with Crippen LogP contribution in [0.2, 0.25) is 0 Å². The van der Waals surface area contributed by atoms with E-state index in [-0.39, 0.29) is 22.5 Å². The first-order chi connectivity index (χ1) is 19.0. The highest BCUT2D eigenvalue weighted by Gasteiger charge is 2.49. The van der Waals surface area contributed by atoms with Crippen molar-refractivity contribution in [3.05, 3.63) is 52.2 Å². The molecule has 2 aliphatic heterocycles. The number of aromatic hydroxyl groups is 3. The van der Waals surface area contributed by atoms with Gasteiger partial charge in [0.1, 0.15) is 82.8 Å². The van der Waals surface area contributed by atoms with Gasteiger partial charge >= 0.3 is 0 Å². The molecule has 0 spiro atoms. The first-order valence-corrected chi connectivity index (χ1v) is 12.3. The number of rotatable bonds is 5. The van der Waals surface area contributed by atoms with Crippen LogP contribution in [0.25, 0.3) is 22.3 Å². The van der Waals surface area contributed by atoms with Crippen LogP contribution in [0.5, 0.6) is 17.2 Å². The van der Waals surface area contributed by atoms with Crippen molar-refractivity contribution in [2.24, 2.45) is 0 Å². The highest BCUT2D eigenvalue weighted by molar-refractivity contribution is 5.88. The van der Waals surface area contributed by atoms with Crippen molar-refractivity contribution in [1.29, 1.82) is 0 Å². The first kappa shape index (κ1) is 28.2. The Morgan fingerprint density at radius 3 is 2.27 bits per heavy atom. The summed E-state index contributed by atoms with van der Waals surface area (Å²) in [5.41, 5.74) is -0.874. The summed E-state index contributed by atoms with van der Waals surface area (Å²) < 4.78 is 22.3. The lowest BCUT2D eigenvalue weighted by Gasteiger charge is -2.44. The lowest BCUT2D eigenvalue weighted by atomic mass is 9.91. The monoisotopic (exact) mass is 564 g/mol. The predicted octanol–water partition coefficient (Wildman–Crippen LogP) is -1.45. The minimum atomic E-state index is -1.87. The zero-order valence-electron chi connectivity index (χ0n) is 20.6. The zero-order chi connectivity index (χ0) is 28.9. The molecule has 40 heavy (non-hydrogen) atoms. The third-order valence-electron chi connectivity index (χ3n) is 7.06. The Labute approximate surface area is 225 Å². The van der Waals surface area contributed by atoms with Crippen LogP contribution in [0, 0.1) is 0 Å². The Hall–Kier alpha value is -3.31. The third-order valence-corrected chi connectivity index (χ3v) is 7.06. The molecule has 2 aromatic carbocycles. The molecule has 2 aliphatic rings. The fraction of sp³-hybridized carbons (Fsp3) is 0.423. The van der Waals surface area contributed by atoms with Gasteiger partial charge in [-0.15, -0.1) is 0 Å². The van der Waals surface area contributed by atoms with Gasteiger partial charge in [-0.05, 0) is 24.3 Å². The minimum Gasteiger partial charge on any atom is -0.508 e. The summed E-state index contributed by atoms with van der Waals surface area (Å²) in [4.78, 5) is 13.1. The largest absolute Gasteiger partial charge is 0.508 e. The molecule has 9 atom stereocenters. The Kier molecular flexibility index (Phi) is 7.71. The molecular weight excluding hydrogens is 536 g/mol. The molecular formula is C26H28O14. The van der Waals surface area contributed by atoms with E-state index in [2.05, 4.69) is 0 Å². The van der Waals surface area contributed by atoms with Crippen molar-refractivity contribution in [2.75, 3.05) is 13.2 Å². The summed E-state index contributed by atoms with van der Waals surface area (Å²) in [6, 6.07) is 7.90. The lowest BCUT2D eigenvalue weighted by molar-refractivity contribution is -0.336. The van der Waals surface area contributed by atoms with Crippen LogP contribution in [0.3, 0.4) is 0 Å². The van der Waals surface area contributed by atoms with Crippen LogP contribution < -0.4 is 5.43 Å². The average molecular weight is 564 g/mol. The maximum absolute atomic E-state index is 13.1. The number of aliphatic hydroxyl groups is 6. The van der Waals surface area contributed by atoms with Crippen molar-refractivity contribution in [2.45, 2.75) is 55.1 Å². The lowest BCUT2D eigenvalue weighted by Crippen LogP contribution is -2.61. The Bertz CT molecular complexity index is 1420.